The molecule has 24 heavy (non-hydrogen) atoms. The smallest absolute Gasteiger partial charge is 0.325 e. The zero-order valence-corrected chi connectivity index (χ0v) is 13.2. The Balaban J connectivity index is 1.82. The van der Waals surface area contributed by atoms with Crippen LogP contribution in [0.25, 0.3) is 0 Å². The number of hydrogen-bond acceptors (Lipinski definition) is 4. The maximum absolute atomic E-state index is 13.3. The molecule has 1 aliphatic heterocycles. The second-order valence-corrected chi connectivity index (χ2v) is 5.95. The van der Waals surface area contributed by atoms with Crippen LogP contribution >= 0.6 is 0 Å². The number of nitrogens with one attached hydrogen (secondary N) is 1. The first-order valence-electron chi connectivity index (χ1n) is 7.46. The van der Waals surface area contributed by atoms with Crippen molar-refractivity contribution in [1.29, 1.82) is 0 Å². The SMILES string of the molecule is Cc1ccc([C@@]2(C)NC(=O)N(C[C@H](O)c3cccc(F)c3)C2=O)o1. The molecule has 0 bridgehead atoms. The van der Waals surface area contributed by atoms with Gasteiger partial charge < -0.3 is 14.8 Å². The van der Waals surface area contributed by atoms with Crippen LogP contribution in [0.2, 0.25) is 0 Å². The number of rotatable bonds is 4. The predicted molar refractivity (Wildman–Crippen MR) is 82.4 cm³/mol. The first-order valence-corrected chi connectivity index (χ1v) is 7.46. The quantitative estimate of drug-likeness (QED) is 0.841. The molecule has 7 heteroatoms. The minimum absolute atomic E-state index is 0.274. The van der Waals surface area contributed by atoms with E-state index in [1.165, 1.54) is 18.2 Å². The zero-order chi connectivity index (χ0) is 17.5. The van der Waals surface area contributed by atoms with Crippen molar-refractivity contribution in [2.45, 2.75) is 25.5 Å². The second kappa shape index (κ2) is 5.76. The lowest BCUT2D eigenvalue weighted by Gasteiger charge is -2.21. The van der Waals surface area contributed by atoms with Gasteiger partial charge in [-0.25, -0.2) is 9.18 Å². The fraction of sp³-hybridized carbons (Fsp3) is 0.294. The summed E-state index contributed by atoms with van der Waals surface area (Å²) in [4.78, 5) is 25.8. The molecule has 1 fully saturated rings. The number of halogens is 1. The van der Waals surface area contributed by atoms with Crippen LogP contribution in [0.4, 0.5) is 9.18 Å². The van der Waals surface area contributed by atoms with E-state index in [0.29, 0.717) is 11.5 Å². The number of carbonyl (C=O) groups is 2. The molecule has 0 spiro atoms. The predicted octanol–water partition coefficient (Wildman–Crippen LogP) is 2.23. The molecule has 2 heterocycles. The van der Waals surface area contributed by atoms with Crippen molar-refractivity contribution < 1.29 is 23.5 Å². The van der Waals surface area contributed by atoms with Crippen LogP contribution in [0.1, 0.15) is 30.1 Å². The summed E-state index contributed by atoms with van der Waals surface area (Å²) in [6.45, 7) is 3.00. The number of imide groups is 1. The maximum atomic E-state index is 13.3. The molecule has 6 nitrogen and oxygen atoms in total. The van der Waals surface area contributed by atoms with Crippen molar-refractivity contribution in [1.82, 2.24) is 10.2 Å². The summed E-state index contributed by atoms with van der Waals surface area (Å²) >= 11 is 0. The molecule has 2 atom stereocenters. The summed E-state index contributed by atoms with van der Waals surface area (Å²) < 4.78 is 18.7. The summed E-state index contributed by atoms with van der Waals surface area (Å²) in [5.74, 6) is -0.0930. The molecular formula is C17H17FN2O4. The number of aliphatic hydroxyl groups excluding tert-OH is 1. The van der Waals surface area contributed by atoms with Crippen LogP contribution < -0.4 is 5.32 Å². The van der Waals surface area contributed by atoms with Crippen LogP contribution in [0, 0.1) is 12.7 Å². The monoisotopic (exact) mass is 332 g/mol. The number of furan rings is 1. The summed E-state index contributed by atoms with van der Waals surface area (Å²) in [5.41, 5.74) is -1.04. The first-order chi connectivity index (χ1) is 11.3. The van der Waals surface area contributed by atoms with E-state index < -0.39 is 29.4 Å². The number of nitrogens with zero attached hydrogens (tertiary/aromatic N) is 1. The molecule has 0 radical (unpaired) electrons. The van der Waals surface area contributed by atoms with E-state index in [2.05, 4.69) is 5.32 Å². The highest BCUT2D eigenvalue weighted by atomic mass is 19.1. The molecule has 1 saturated heterocycles. The van der Waals surface area contributed by atoms with Crippen molar-refractivity contribution in [3.63, 3.8) is 0 Å². The van der Waals surface area contributed by atoms with Crippen LogP contribution in [0.15, 0.2) is 40.8 Å². The van der Waals surface area contributed by atoms with E-state index in [4.69, 9.17) is 4.42 Å². The van der Waals surface area contributed by atoms with Gasteiger partial charge in [0.25, 0.3) is 5.91 Å². The average molecular weight is 332 g/mol. The van der Waals surface area contributed by atoms with Gasteiger partial charge in [0.05, 0.1) is 12.6 Å². The molecule has 3 amide bonds. The van der Waals surface area contributed by atoms with Crippen molar-refractivity contribution in [2.24, 2.45) is 0 Å². The maximum Gasteiger partial charge on any atom is 0.325 e. The van der Waals surface area contributed by atoms with Gasteiger partial charge in [-0.05, 0) is 43.7 Å². The Morgan fingerprint density at radius 3 is 2.71 bits per heavy atom. The third kappa shape index (κ3) is 2.67. The van der Waals surface area contributed by atoms with Gasteiger partial charge in [-0.15, -0.1) is 0 Å². The minimum atomic E-state index is -1.33. The van der Waals surface area contributed by atoms with Gasteiger partial charge in [0, 0.05) is 0 Å². The molecule has 1 aromatic heterocycles. The number of aryl methyl sites for hydroxylation is 1. The first kappa shape index (κ1) is 16.2. The fourth-order valence-corrected chi connectivity index (χ4v) is 2.73. The lowest BCUT2D eigenvalue weighted by atomic mass is 9.99. The van der Waals surface area contributed by atoms with Crippen LogP contribution in [0.3, 0.4) is 0 Å². The number of carbonyl (C=O) groups excluding carboxylic acids is 2. The average Bonchev–Trinajstić information content (AvgIpc) is 3.06. The van der Waals surface area contributed by atoms with E-state index in [9.17, 15) is 19.1 Å². The Hall–Kier alpha value is -2.67. The topological polar surface area (TPSA) is 82.8 Å². The fourth-order valence-electron chi connectivity index (χ4n) is 2.73. The molecule has 0 unspecified atom stereocenters. The molecule has 0 aliphatic carbocycles. The Kier molecular flexibility index (Phi) is 3.88. The van der Waals surface area contributed by atoms with Crippen molar-refractivity contribution >= 4 is 11.9 Å². The standard InChI is InChI=1S/C17H17FN2O4/c1-10-6-7-14(24-10)17(2)15(22)20(16(23)19-17)9-13(21)11-4-3-5-12(18)8-11/h3-8,13,21H,9H2,1-2H3,(H,19,23)/t13-,17+/m0/s1. The number of aliphatic hydroxyl groups is 1. The van der Waals surface area contributed by atoms with E-state index >= 15 is 0 Å². The van der Waals surface area contributed by atoms with Crippen LogP contribution in [-0.4, -0.2) is 28.5 Å². The van der Waals surface area contributed by atoms with Crippen molar-refractivity contribution in [3.8, 4) is 0 Å². The Morgan fingerprint density at radius 2 is 2.08 bits per heavy atom. The van der Waals surface area contributed by atoms with E-state index in [0.717, 1.165) is 11.0 Å². The second-order valence-electron chi connectivity index (χ2n) is 5.95. The lowest BCUT2D eigenvalue weighted by Crippen LogP contribution is -2.41. The van der Waals surface area contributed by atoms with E-state index in [1.807, 2.05) is 0 Å². The molecule has 1 aliphatic rings. The highest BCUT2D eigenvalue weighted by Crippen LogP contribution is 2.31. The Morgan fingerprint density at radius 1 is 1.33 bits per heavy atom. The number of amides is 3. The van der Waals surface area contributed by atoms with Crippen molar-refractivity contribution in [3.05, 3.63) is 59.3 Å². The summed E-state index contributed by atoms with van der Waals surface area (Å²) in [6, 6.07) is 8.09. The molecule has 3 rings (SSSR count). The summed E-state index contributed by atoms with van der Waals surface area (Å²) in [6.07, 6.45) is -1.18. The highest BCUT2D eigenvalue weighted by Gasteiger charge is 2.51. The molecule has 126 valence electrons. The third-order valence-electron chi connectivity index (χ3n) is 4.10. The van der Waals surface area contributed by atoms with Crippen LogP contribution in [0.5, 0.6) is 0 Å². The molecular weight excluding hydrogens is 315 g/mol. The van der Waals surface area contributed by atoms with Gasteiger partial charge in [0.2, 0.25) is 0 Å². The number of β-amino-alcohol motifs (C(OH)–C–C–N with tert-alkyl or cyclic N) is 1. The molecule has 2 aromatic rings. The van der Waals surface area contributed by atoms with Gasteiger partial charge in [0.1, 0.15) is 17.3 Å². The van der Waals surface area contributed by atoms with Gasteiger partial charge in [0.15, 0.2) is 5.54 Å². The Labute approximate surface area is 137 Å². The molecule has 0 saturated carbocycles. The van der Waals surface area contributed by atoms with Crippen LogP contribution in [-0.2, 0) is 10.3 Å². The van der Waals surface area contributed by atoms with Crippen molar-refractivity contribution in [2.75, 3.05) is 6.54 Å². The van der Waals surface area contributed by atoms with Gasteiger partial charge in [-0.1, -0.05) is 12.1 Å². The number of urea groups is 1. The van der Waals surface area contributed by atoms with E-state index in [1.54, 1.807) is 26.0 Å². The zero-order valence-electron chi connectivity index (χ0n) is 13.2. The molecule has 2 N–H and O–H groups in total. The summed E-state index contributed by atoms with van der Waals surface area (Å²) in [5, 5.41) is 12.8. The normalized spacial score (nSPS) is 21.9. The van der Waals surface area contributed by atoms with Gasteiger partial charge >= 0.3 is 6.03 Å². The Bertz CT molecular complexity index is 803. The third-order valence-corrected chi connectivity index (χ3v) is 4.10. The highest BCUT2D eigenvalue weighted by molar-refractivity contribution is 6.06. The van der Waals surface area contributed by atoms with Gasteiger partial charge in [-0.3, -0.25) is 9.69 Å². The number of benzene rings is 1. The minimum Gasteiger partial charge on any atom is -0.463 e. The molecule has 1 aromatic carbocycles. The van der Waals surface area contributed by atoms with Gasteiger partial charge in [-0.2, -0.15) is 0 Å². The largest absolute Gasteiger partial charge is 0.463 e. The summed E-state index contributed by atoms with van der Waals surface area (Å²) in [7, 11) is 0. The number of hydrogen-bond donors (Lipinski definition) is 2. The lowest BCUT2D eigenvalue weighted by molar-refractivity contribution is -0.132. The van der Waals surface area contributed by atoms with E-state index in [-0.39, 0.29) is 12.1 Å².